The highest BCUT2D eigenvalue weighted by atomic mass is 35.5. The van der Waals surface area contributed by atoms with Gasteiger partial charge in [-0.2, -0.15) is 0 Å². The molecule has 0 aliphatic rings. The van der Waals surface area contributed by atoms with E-state index in [9.17, 15) is 18.0 Å². The highest BCUT2D eigenvalue weighted by Gasteiger charge is 2.35. The maximum Gasteiger partial charge on any atom is 0.264 e. The van der Waals surface area contributed by atoms with Crippen molar-refractivity contribution in [3.8, 4) is 0 Å². The smallest absolute Gasteiger partial charge is 0.264 e. The SMILES string of the molecule is CC[C@@H](C)NC(=O)[C@H](Cc1ccccc1)N(Cc1cccc(C)c1)C(=O)CN(c1ccc(C)c(Cl)c1)S(=O)(=O)c1ccccc1. The molecule has 0 aliphatic carbocycles. The molecule has 2 atom stereocenters. The molecule has 7 nitrogen and oxygen atoms in total. The lowest BCUT2D eigenvalue weighted by Gasteiger charge is -2.34. The van der Waals surface area contributed by atoms with Gasteiger partial charge in [0, 0.05) is 24.0 Å². The third kappa shape index (κ3) is 8.74. The summed E-state index contributed by atoms with van der Waals surface area (Å²) in [5, 5.41) is 3.43. The van der Waals surface area contributed by atoms with Crippen molar-refractivity contribution in [1.29, 1.82) is 0 Å². The van der Waals surface area contributed by atoms with E-state index in [0.717, 1.165) is 26.6 Å². The van der Waals surface area contributed by atoms with Crippen LogP contribution in [-0.4, -0.2) is 43.8 Å². The molecule has 0 heterocycles. The molecule has 0 radical (unpaired) electrons. The van der Waals surface area contributed by atoms with E-state index in [0.29, 0.717) is 11.4 Å². The minimum Gasteiger partial charge on any atom is -0.352 e. The Hall–Kier alpha value is -4.14. The molecular weight excluding hydrogens is 606 g/mol. The molecule has 4 aromatic rings. The van der Waals surface area contributed by atoms with Crippen LogP contribution in [0.4, 0.5) is 5.69 Å². The van der Waals surface area contributed by atoms with Crippen LogP contribution in [0, 0.1) is 13.8 Å². The summed E-state index contributed by atoms with van der Waals surface area (Å²) >= 11 is 6.45. The first-order valence-corrected chi connectivity index (χ1v) is 16.8. The Kier molecular flexibility index (Phi) is 11.4. The van der Waals surface area contributed by atoms with E-state index >= 15 is 0 Å². The zero-order valence-corrected chi connectivity index (χ0v) is 27.7. The molecule has 0 aliphatic heterocycles. The lowest BCUT2D eigenvalue weighted by Crippen LogP contribution is -2.54. The Bertz CT molecular complexity index is 1720. The third-order valence-corrected chi connectivity index (χ3v) is 9.96. The van der Waals surface area contributed by atoms with E-state index in [-0.39, 0.29) is 35.5 Å². The number of nitrogens with zero attached hydrogens (tertiary/aromatic N) is 2. The quantitative estimate of drug-likeness (QED) is 0.175. The average molecular weight is 646 g/mol. The van der Waals surface area contributed by atoms with Crippen molar-refractivity contribution < 1.29 is 18.0 Å². The number of hydrogen-bond acceptors (Lipinski definition) is 4. The standard InChI is InChI=1S/C36H40ClN3O4S/c1-5-28(4)38-36(42)34(22-29-14-8-6-9-15-29)39(24-30-16-12-13-26(2)21-30)35(41)25-40(31-20-19-27(3)33(37)23-31)45(43,44)32-17-10-7-11-18-32/h6-21,23,28,34H,5,22,24-25H2,1-4H3,(H,38,42)/t28-,34+/m1/s1. The summed E-state index contributed by atoms with van der Waals surface area (Å²) in [6.45, 7) is 7.25. The fourth-order valence-electron chi connectivity index (χ4n) is 4.99. The molecule has 0 aromatic heterocycles. The van der Waals surface area contributed by atoms with Crippen LogP contribution in [0.25, 0.3) is 0 Å². The van der Waals surface area contributed by atoms with Crippen LogP contribution in [0.1, 0.15) is 42.5 Å². The second-order valence-corrected chi connectivity index (χ2v) is 13.6. The van der Waals surface area contributed by atoms with Crippen LogP contribution in [0.2, 0.25) is 5.02 Å². The van der Waals surface area contributed by atoms with Gasteiger partial charge in [-0.05, 0) is 68.1 Å². The summed E-state index contributed by atoms with van der Waals surface area (Å²) in [4.78, 5) is 30.0. The van der Waals surface area contributed by atoms with Crippen molar-refractivity contribution in [3.63, 3.8) is 0 Å². The third-order valence-electron chi connectivity index (χ3n) is 7.76. The average Bonchev–Trinajstić information content (AvgIpc) is 3.03. The van der Waals surface area contributed by atoms with Crippen LogP contribution in [0.5, 0.6) is 0 Å². The van der Waals surface area contributed by atoms with Gasteiger partial charge in [0.2, 0.25) is 11.8 Å². The van der Waals surface area contributed by atoms with Gasteiger partial charge < -0.3 is 10.2 Å². The number of rotatable bonds is 13. The van der Waals surface area contributed by atoms with Gasteiger partial charge in [-0.1, -0.05) is 103 Å². The fourth-order valence-corrected chi connectivity index (χ4v) is 6.59. The van der Waals surface area contributed by atoms with Crippen molar-refractivity contribution in [3.05, 3.63) is 130 Å². The topological polar surface area (TPSA) is 86.8 Å². The van der Waals surface area contributed by atoms with Crippen molar-refractivity contribution >= 4 is 39.1 Å². The molecule has 45 heavy (non-hydrogen) atoms. The molecule has 4 rings (SSSR count). The monoisotopic (exact) mass is 645 g/mol. The van der Waals surface area contributed by atoms with Gasteiger partial charge in [0.25, 0.3) is 10.0 Å². The second-order valence-electron chi connectivity index (χ2n) is 11.3. The lowest BCUT2D eigenvalue weighted by atomic mass is 10.0. The van der Waals surface area contributed by atoms with Gasteiger partial charge >= 0.3 is 0 Å². The van der Waals surface area contributed by atoms with Gasteiger partial charge in [0.1, 0.15) is 12.6 Å². The van der Waals surface area contributed by atoms with E-state index in [2.05, 4.69) is 5.32 Å². The number of hydrogen-bond donors (Lipinski definition) is 1. The Morgan fingerprint density at radius 3 is 2.11 bits per heavy atom. The van der Waals surface area contributed by atoms with Crippen molar-refractivity contribution in [2.24, 2.45) is 0 Å². The minimum atomic E-state index is -4.19. The first-order valence-electron chi connectivity index (χ1n) is 15.0. The Morgan fingerprint density at radius 1 is 0.844 bits per heavy atom. The molecule has 4 aromatic carbocycles. The van der Waals surface area contributed by atoms with E-state index in [1.54, 1.807) is 36.4 Å². The maximum absolute atomic E-state index is 14.5. The van der Waals surface area contributed by atoms with Gasteiger partial charge in [0.05, 0.1) is 10.6 Å². The maximum atomic E-state index is 14.5. The highest BCUT2D eigenvalue weighted by Crippen LogP contribution is 2.29. The number of carbonyl (C=O) groups is 2. The first kappa shape index (κ1) is 33.7. The molecule has 0 saturated heterocycles. The van der Waals surface area contributed by atoms with Crippen molar-refractivity contribution in [1.82, 2.24) is 10.2 Å². The highest BCUT2D eigenvalue weighted by molar-refractivity contribution is 7.92. The van der Waals surface area contributed by atoms with E-state index in [1.807, 2.05) is 82.3 Å². The molecule has 2 amide bonds. The molecule has 0 spiro atoms. The summed E-state index contributed by atoms with van der Waals surface area (Å²) in [6, 6.07) is 29.1. The first-order chi connectivity index (χ1) is 21.5. The summed E-state index contributed by atoms with van der Waals surface area (Å²) in [5.74, 6) is -0.821. The number of halogens is 1. The number of anilines is 1. The number of benzene rings is 4. The predicted octanol–water partition coefficient (Wildman–Crippen LogP) is 6.71. The fraction of sp³-hybridized carbons (Fsp3) is 0.278. The van der Waals surface area contributed by atoms with Gasteiger partial charge in [0.15, 0.2) is 0 Å². The number of carbonyl (C=O) groups excluding carboxylic acids is 2. The largest absolute Gasteiger partial charge is 0.352 e. The molecule has 0 fully saturated rings. The van der Waals surface area contributed by atoms with E-state index in [4.69, 9.17) is 11.6 Å². The second kappa shape index (κ2) is 15.2. The zero-order valence-electron chi connectivity index (χ0n) is 26.1. The molecule has 0 unspecified atom stereocenters. The molecule has 236 valence electrons. The van der Waals surface area contributed by atoms with Crippen molar-refractivity contribution in [2.45, 2.75) is 64.1 Å². The number of amides is 2. The Labute approximate surface area is 271 Å². The van der Waals surface area contributed by atoms with Crippen LogP contribution in [0.3, 0.4) is 0 Å². The van der Waals surface area contributed by atoms with Gasteiger partial charge in [-0.3, -0.25) is 13.9 Å². The number of nitrogens with one attached hydrogen (secondary N) is 1. The minimum absolute atomic E-state index is 0.0371. The lowest BCUT2D eigenvalue weighted by molar-refractivity contribution is -0.140. The predicted molar refractivity (Wildman–Crippen MR) is 181 cm³/mol. The molecular formula is C36H40ClN3O4S. The summed E-state index contributed by atoms with van der Waals surface area (Å²) in [5.41, 5.74) is 3.74. The van der Waals surface area contributed by atoms with Gasteiger partial charge in [-0.15, -0.1) is 0 Å². The molecule has 0 bridgehead atoms. The molecule has 9 heteroatoms. The Balaban J connectivity index is 1.82. The number of sulfonamides is 1. The summed E-state index contributed by atoms with van der Waals surface area (Å²) in [7, 11) is -4.19. The van der Waals surface area contributed by atoms with Crippen molar-refractivity contribution in [2.75, 3.05) is 10.8 Å². The van der Waals surface area contributed by atoms with Crippen LogP contribution < -0.4 is 9.62 Å². The Morgan fingerprint density at radius 2 is 1.49 bits per heavy atom. The summed E-state index contributed by atoms with van der Waals surface area (Å²) < 4.78 is 29.3. The van der Waals surface area contributed by atoms with Crippen LogP contribution in [0.15, 0.2) is 108 Å². The van der Waals surface area contributed by atoms with Crippen LogP contribution in [-0.2, 0) is 32.6 Å². The summed E-state index contributed by atoms with van der Waals surface area (Å²) in [6.07, 6.45) is 0.968. The van der Waals surface area contributed by atoms with Gasteiger partial charge in [-0.25, -0.2) is 8.42 Å². The zero-order chi connectivity index (χ0) is 32.6. The normalized spacial score (nSPS) is 12.6. The van der Waals surface area contributed by atoms with E-state index < -0.39 is 28.5 Å². The van der Waals surface area contributed by atoms with Crippen LogP contribution >= 0.6 is 11.6 Å². The molecule has 1 N–H and O–H groups in total. The van der Waals surface area contributed by atoms with E-state index in [1.165, 1.54) is 17.0 Å². The molecule has 0 saturated carbocycles. The number of aryl methyl sites for hydroxylation is 2.